The van der Waals surface area contributed by atoms with Gasteiger partial charge in [-0.15, -0.1) is 0 Å². The Morgan fingerprint density at radius 3 is 2.37 bits per heavy atom. The maximum absolute atomic E-state index is 11.5. The van der Waals surface area contributed by atoms with E-state index in [9.17, 15) is 4.79 Å². The molecule has 0 saturated heterocycles. The molecule has 3 fully saturated rings. The first-order valence-electron chi connectivity index (χ1n) is 10.8. The minimum Gasteiger partial charge on any atom is -0.466 e. The number of allylic oxidation sites excluding steroid dienone is 1. The topological polar surface area (TPSA) is 38.3 Å². The van der Waals surface area contributed by atoms with E-state index in [1.54, 1.807) is 6.08 Å². The summed E-state index contributed by atoms with van der Waals surface area (Å²) >= 11 is 3.56. The fourth-order valence-corrected chi connectivity index (χ4v) is 5.51. The van der Waals surface area contributed by atoms with E-state index in [4.69, 9.17) is 4.74 Å². The monoisotopic (exact) mass is 467 g/mol. The molecule has 30 heavy (non-hydrogen) atoms. The molecule has 0 heterocycles. The quantitative estimate of drug-likeness (QED) is 0.377. The fourth-order valence-electron chi connectivity index (χ4n) is 5.25. The summed E-state index contributed by atoms with van der Waals surface area (Å²) in [6.07, 6.45) is 9.28. The zero-order chi connectivity index (χ0) is 21.2. The number of hydrogen-bond acceptors (Lipinski definition) is 3. The number of rotatable bonds is 6. The molecule has 1 N–H and O–H groups in total. The van der Waals surface area contributed by atoms with E-state index in [1.165, 1.54) is 51.2 Å². The van der Waals surface area contributed by atoms with Crippen molar-refractivity contribution in [1.29, 1.82) is 0 Å². The van der Waals surface area contributed by atoms with Crippen LogP contribution in [0.15, 0.2) is 59.1 Å². The molecule has 0 radical (unpaired) electrons. The number of benzene rings is 2. The molecule has 3 aliphatic carbocycles. The Morgan fingerprint density at radius 2 is 1.73 bits per heavy atom. The molecule has 0 atom stereocenters. The standard InChI is InChI=1S/C26H30BrNO2/c1-19(16-24(29)30-2)20-4-3-5-23(17-20)28-18-25-10-13-26(14-11-25,15-12-25)21-6-8-22(27)9-7-21/h3-9,16-17,28H,10-15,18H2,1-2H3/b19-16+. The molecule has 3 aliphatic rings. The van der Waals surface area contributed by atoms with Crippen LogP contribution in [0.25, 0.3) is 5.57 Å². The molecule has 5 rings (SSSR count). The Hall–Kier alpha value is -2.07. The number of anilines is 1. The molecule has 3 nitrogen and oxygen atoms in total. The van der Waals surface area contributed by atoms with Gasteiger partial charge in [0.25, 0.3) is 0 Å². The number of methoxy groups -OCH3 is 1. The average Bonchev–Trinajstić information content (AvgIpc) is 2.79. The maximum atomic E-state index is 11.5. The van der Waals surface area contributed by atoms with Crippen molar-refractivity contribution >= 4 is 33.2 Å². The molecule has 4 heteroatoms. The van der Waals surface area contributed by atoms with Gasteiger partial charge in [0.2, 0.25) is 0 Å². The van der Waals surface area contributed by atoms with Crippen LogP contribution >= 0.6 is 15.9 Å². The van der Waals surface area contributed by atoms with Gasteiger partial charge < -0.3 is 10.1 Å². The molecule has 2 bridgehead atoms. The van der Waals surface area contributed by atoms with Crippen LogP contribution in [-0.2, 0) is 14.9 Å². The third-order valence-electron chi connectivity index (χ3n) is 7.38. The largest absolute Gasteiger partial charge is 0.466 e. The molecule has 3 saturated carbocycles. The fraction of sp³-hybridized carbons (Fsp3) is 0.423. The summed E-state index contributed by atoms with van der Waals surface area (Å²) in [6.45, 7) is 2.96. The Balaban J connectivity index is 1.40. The van der Waals surface area contributed by atoms with Crippen LogP contribution in [0.2, 0.25) is 0 Å². The number of hydrogen-bond donors (Lipinski definition) is 1. The average molecular weight is 468 g/mol. The van der Waals surface area contributed by atoms with Crippen LogP contribution < -0.4 is 5.32 Å². The molecule has 2 aromatic rings. The van der Waals surface area contributed by atoms with E-state index in [-0.39, 0.29) is 5.97 Å². The summed E-state index contributed by atoms with van der Waals surface area (Å²) in [4.78, 5) is 11.5. The number of ether oxygens (including phenoxy) is 1. The van der Waals surface area contributed by atoms with Crippen molar-refractivity contribution in [2.24, 2.45) is 5.41 Å². The van der Waals surface area contributed by atoms with Crippen molar-refractivity contribution < 1.29 is 9.53 Å². The van der Waals surface area contributed by atoms with Crippen LogP contribution in [0.5, 0.6) is 0 Å². The number of fused-ring (bicyclic) bond motifs is 3. The highest BCUT2D eigenvalue weighted by Crippen LogP contribution is 2.57. The highest BCUT2D eigenvalue weighted by molar-refractivity contribution is 9.10. The molecule has 0 amide bonds. The third kappa shape index (κ3) is 4.34. The molecule has 2 aromatic carbocycles. The van der Waals surface area contributed by atoms with Gasteiger partial charge in [-0.2, -0.15) is 0 Å². The van der Waals surface area contributed by atoms with Crippen LogP contribution in [-0.4, -0.2) is 19.6 Å². The first-order chi connectivity index (χ1) is 14.4. The van der Waals surface area contributed by atoms with E-state index < -0.39 is 0 Å². The van der Waals surface area contributed by atoms with E-state index in [0.29, 0.717) is 10.8 Å². The Morgan fingerprint density at radius 1 is 1.07 bits per heavy atom. The van der Waals surface area contributed by atoms with Gasteiger partial charge in [-0.1, -0.05) is 40.2 Å². The summed E-state index contributed by atoms with van der Waals surface area (Å²) in [5.74, 6) is -0.316. The molecular formula is C26H30BrNO2. The molecule has 158 valence electrons. The predicted octanol–water partition coefficient (Wildman–Crippen LogP) is 6.73. The van der Waals surface area contributed by atoms with Crippen molar-refractivity contribution in [2.75, 3.05) is 19.0 Å². The van der Waals surface area contributed by atoms with Gasteiger partial charge in [0.15, 0.2) is 0 Å². The van der Waals surface area contributed by atoms with Gasteiger partial charge in [0.1, 0.15) is 0 Å². The van der Waals surface area contributed by atoms with Crippen LogP contribution in [0.1, 0.15) is 56.6 Å². The highest BCUT2D eigenvalue weighted by atomic mass is 79.9. The predicted molar refractivity (Wildman–Crippen MR) is 127 cm³/mol. The lowest BCUT2D eigenvalue weighted by atomic mass is 9.52. The Bertz CT molecular complexity index is 923. The molecular weight excluding hydrogens is 438 g/mol. The molecule has 0 aromatic heterocycles. The Labute approximate surface area is 188 Å². The number of esters is 1. The van der Waals surface area contributed by atoms with Gasteiger partial charge in [0, 0.05) is 22.8 Å². The van der Waals surface area contributed by atoms with E-state index in [2.05, 4.69) is 57.6 Å². The van der Waals surface area contributed by atoms with Crippen molar-refractivity contribution in [3.05, 3.63) is 70.2 Å². The number of halogens is 1. The van der Waals surface area contributed by atoms with Gasteiger partial charge in [0.05, 0.1) is 7.11 Å². The molecule has 0 aliphatic heterocycles. The zero-order valence-electron chi connectivity index (χ0n) is 17.8. The second kappa shape index (κ2) is 8.58. The minimum atomic E-state index is -0.316. The number of carbonyl (C=O) groups excluding carboxylic acids is 1. The summed E-state index contributed by atoms with van der Waals surface area (Å²) in [7, 11) is 1.41. The first kappa shape index (κ1) is 21.2. The lowest BCUT2D eigenvalue weighted by molar-refractivity contribution is -0.134. The smallest absolute Gasteiger partial charge is 0.330 e. The van der Waals surface area contributed by atoms with Crippen molar-refractivity contribution in [3.63, 3.8) is 0 Å². The van der Waals surface area contributed by atoms with E-state index in [0.717, 1.165) is 27.8 Å². The summed E-state index contributed by atoms with van der Waals surface area (Å²) in [5.41, 5.74) is 5.40. The number of carbonyl (C=O) groups is 1. The van der Waals surface area contributed by atoms with Gasteiger partial charge in [-0.05, 0) is 97.2 Å². The lowest BCUT2D eigenvalue weighted by Crippen LogP contribution is -2.47. The third-order valence-corrected chi connectivity index (χ3v) is 7.91. The highest BCUT2D eigenvalue weighted by Gasteiger charge is 2.49. The van der Waals surface area contributed by atoms with Crippen molar-refractivity contribution in [3.8, 4) is 0 Å². The first-order valence-corrected chi connectivity index (χ1v) is 11.6. The van der Waals surface area contributed by atoms with Gasteiger partial charge >= 0.3 is 5.97 Å². The second-order valence-electron chi connectivity index (χ2n) is 9.07. The SMILES string of the molecule is COC(=O)/C=C(\C)c1cccc(NCC23CCC(c4ccc(Br)cc4)(CC2)CC3)c1. The summed E-state index contributed by atoms with van der Waals surface area (Å²) in [6, 6.07) is 17.3. The zero-order valence-corrected chi connectivity index (χ0v) is 19.4. The Kier molecular flexibility index (Phi) is 6.06. The van der Waals surface area contributed by atoms with Crippen LogP contribution in [0.3, 0.4) is 0 Å². The summed E-state index contributed by atoms with van der Waals surface area (Å²) in [5, 5.41) is 3.70. The van der Waals surface area contributed by atoms with E-state index in [1.807, 2.05) is 19.1 Å². The van der Waals surface area contributed by atoms with E-state index >= 15 is 0 Å². The lowest BCUT2D eigenvalue weighted by Gasteiger charge is -2.54. The second-order valence-corrected chi connectivity index (χ2v) is 9.99. The van der Waals surface area contributed by atoms with Crippen molar-refractivity contribution in [2.45, 2.75) is 50.9 Å². The van der Waals surface area contributed by atoms with Crippen LogP contribution in [0, 0.1) is 5.41 Å². The van der Waals surface area contributed by atoms with Crippen molar-refractivity contribution in [1.82, 2.24) is 0 Å². The maximum Gasteiger partial charge on any atom is 0.330 e. The summed E-state index contributed by atoms with van der Waals surface area (Å²) < 4.78 is 5.90. The van der Waals surface area contributed by atoms with Gasteiger partial charge in [-0.25, -0.2) is 4.79 Å². The molecule has 0 spiro atoms. The molecule has 0 unspecified atom stereocenters. The minimum absolute atomic E-state index is 0.316. The normalized spacial score (nSPS) is 25.8. The van der Waals surface area contributed by atoms with Gasteiger partial charge in [-0.3, -0.25) is 0 Å². The number of nitrogens with one attached hydrogen (secondary N) is 1. The van der Waals surface area contributed by atoms with Crippen LogP contribution in [0.4, 0.5) is 5.69 Å².